The van der Waals surface area contributed by atoms with Gasteiger partial charge in [0, 0.05) is 31.9 Å². The van der Waals surface area contributed by atoms with Crippen LogP contribution in [0, 0.1) is 12.7 Å². The molecular formula is C23H23FN2O3. The summed E-state index contributed by atoms with van der Waals surface area (Å²) in [5.74, 6) is 0.985. The Bertz CT molecular complexity index is 976. The number of hydrogen-bond donors (Lipinski definition) is 0. The van der Waals surface area contributed by atoms with E-state index in [-0.39, 0.29) is 18.3 Å². The molecule has 1 aromatic heterocycles. The lowest BCUT2D eigenvalue weighted by molar-refractivity contribution is 0.0710. The van der Waals surface area contributed by atoms with E-state index in [1.165, 1.54) is 23.4 Å². The Morgan fingerprint density at radius 3 is 2.52 bits per heavy atom. The van der Waals surface area contributed by atoms with E-state index in [1.54, 1.807) is 24.3 Å². The van der Waals surface area contributed by atoms with Gasteiger partial charge in [-0.3, -0.25) is 4.79 Å². The van der Waals surface area contributed by atoms with Crippen LogP contribution in [0.5, 0.6) is 5.75 Å². The topological polar surface area (TPSA) is 45.9 Å². The van der Waals surface area contributed by atoms with Gasteiger partial charge < -0.3 is 19.0 Å². The summed E-state index contributed by atoms with van der Waals surface area (Å²) < 4.78 is 24.2. The van der Waals surface area contributed by atoms with Crippen molar-refractivity contribution in [2.24, 2.45) is 0 Å². The first kappa shape index (κ1) is 19.1. The number of benzene rings is 2. The van der Waals surface area contributed by atoms with E-state index >= 15 is 0 Å². The second-order valence-electron chi connectivity index (χ2n) is 7.13. The van der Waals surface area contributed by atoms with Gasteiger partial charge in [0.2, 0.25) is 0 Å². The molecule has 6 heteroatoms. The normalized spacial score (nSPS) is 14.1. The first-order valence-corrected chi connectivity index (χ1v) is 9.66. The molecule has 0 aliphatic carbocycles. The molecular weight excluding hydrogens is 371 g/mol. The molecule has 0 atom stereocenters. The molecule has 2 heterocycles. The average Bonchev–Trinajstić information content (AvgIpc) is 3.22. The second kappa shape index (κ2) is 8.39. The zero-order valence-corrected chi connectivity index (χ0v) is 16.3. The number of carbonyl (C=O) groups is 1. The maximum Gasteiger partial charge on any atom is 0.289 e. The number of furan rings is 1. The number of piperazine rings is 1. The van der Waals surface area contributed by atoms with Crippen molar-refractivity contribution in [1.29, 1.82) is 0 Å². The minimum absolute atomic E-state index is 0.109. The third-order valence-corrected chi connectivity index (χ3v) is 5.00. The predicted octanol–water partition coefficient (Wildman–Crippen LogP) is 4.27. The van der Waals surface area contributed by atoms with Crippen LogP contribution in [0.3, 0.4) is 0 Å². The molecule has 29 heavy (non-hydrogen) atoms. The first-order chi connectivity index (χ1) is 14.1. The van der Waals surface area contributed by atoms with Gasteiger partial charge in [0.15, 0.2) is 5.76 Å². The monoisotopic (exact) mass is 394 g/mol. The Labute approximate surface area is 169 Å². The highest BCUT2D eigenvalue weighted by molar-refractivity contribution is 5.91. The Balaban J connectivity index is 1.31. The molecule has 1 aliphatic heterocycles. The van der Waals surface area contributed by atoms with Gasteiger partial charge in [-0.05, 0) is 61.0 Å². The maximum atomic E-state index is 12.9. The Kier molecular flexibility index (Phi) is 5.51. The van der Waals surface area contributed by atoms with Crippen LogP contribution in [0.2, 0.25) is 0 Å². The van der Waals surface area contributed by atoms with Crippen LogP contribution in [0.1, 0.15) is 21.9 Å². The maximum absolute atomic E-state index is 12.9. The van der Waals surface area contributed by atoms with E-state index in [0.29, 0.717) is 30.4 Å². The van der Waals surface area contributed by atoms with E-state index in [0.717, 1.165) is 13.1 Å². The number of halogens is 1. The van der Waals surface area contributed by atoms with Crippen LogP contribution >= 0.6 is 0 Å². The summed E-state index contributed by atoms with van der Waals surface area (Å²) in [5.41, 5.74) is 2.42. The fourth-order valence-corrected chi connectivity index (χ4v) is 3.40. The molecule has 0 saturated carbocycles. The number of amides is 1. The lowest BCUT2D eigenvalue weighted by atomic mass is 10.2. The minimum Gasteiger partial charge on any atom is -0.486 e. The molecule has 150 valence electrons. The fourth-order valence-electron chi connectivity index (χ4n) is 3.40. The summed E-state index contributed by atoms with van der Waals surface area (Å²) in [6, 6.07) is 17.6. The largest absolute Gasteiger partial charge is 0.486 e. The summed E-state index contributed by atoms with van der Waals surface area (Å²) in [4.78, 5) is 16.9. The van der Waals surface area contributed by atoms with E-state index in [9.17, 15) is 9.18 Å². The highest BCUT2D eigenvalue weighted by Gasteiger charge is 2.24. The van der Waals surface area contributed by atoms with Gasteiger partial charge >= 0.3 is 0 Å². The summed E-state index contributed by atoms with van der Waals surface area (Å²) >= 11 is 0. The number of hydrogen-bond acceptors (Lipinski definition) is 4. The van der Waals surface area contributed by atoms with Crippen molar-refractivity contribution < 1.29 is 18.3 Å². The van der Waals surface area contributed by atoms with Crippen LogP contribution < -0.4 is 9.64 Å². The predicted molar refractivity (Wildman–Crippen MR) is 109 cm³/mol. The van der Waals surface area contributed by atoms with Gasteiger partial charge in [-0.2, -0.15) is 0 Å². The molecule has 0 spiro atoms. The number of rotatable bonds is 5. The van der Waals surface area contributed by atoms with Crippen LogP contribution in [0.25, 0.3) is 0 Å². The van der Waals surface area contributed by atoms with Gasteiger partial charge in [-0.25, -0.2) is 4.39 Å². The van der Waals surface area contributed by atoms with Crippen LogP contribution in [-0.4, -0.2) is 37.0 Å². The van der Waals surface area contributed by atoms with E-state index in [2.05, 4.69) is 36.1 Å². The quantitative estimate of drug-likeness (QED) is 0.648. The number of ether oxygens (including phenoxy) is 1. The summed E-state index contributed by atoms with van der Waals surface area (Å²) in [7, 11) is 0. The average molecular weight is 394 g/mol. The fraction of sp³-hybridized carbons (Fsp3) is 0.261. The van der Waals surface area contributed by atoms with Crippen molar-refractivity contribution in [3.8, 4) is 5.75 Å². The van der Waals surface area contributed by atoms with E-state index < -0.39 is 0 Å². The highest BCUT2D eigenvalue weighted by atomic mass is 19.1. The third kappa shape index (κ3) is 4.59. The highest BCUT2D eigenvalue weighted by Crippen LogP contribution is 2.20. The molecule has 0 N–H and O–H groups in total. The molecule has 1 fully saturated rings. The molecule has 3 aromatic rings. The molecule has 5 nitrogen and oxygen atoms in total. The third-order valence-electron chi connectivity index (χ3n) is 5.00. The standard InChI is InChI=1S/C23H23FN2O3/c1-17-3-2-4-19(15-17)25-11-13-26(14-12-25)23(27)22-10-9-21(29-22)16-28-20-7-5-18(24)6-8-20/h2-10,15H,11-14,16H2,1H3. The first-order valence-electron chi connectivity index (χ1n) is 9.66. The summed E-state index contributed by atoms with van der Waals surface area (Å²) in [6.45, 7) is 5.13. The molecule has 1 amide bonds. The zero-order chi connectivity index (χ0) is 20.2. The van der Waals surface area contributed by atoms with Gasteiger partial charge in [0.25, 0.3) is 5.91 Å². The van der Waals surface area contributed by atoms with Gasteiger partial charge in [0.05, 0.1) is 0 Å². The van der Waals surface area contributed by atoms with Crippen molar-refractivity contribution in [3.05, 3.63) is 83.6 Å². The lowest BCUT2D eigenvalue weighted by Crippen LogP contribution is -2.48. The smallest absolute Gasteiger partial charge is 0.289 e. The van der Waals surface area contributed by atoms with Crippen molar-refractivity contribution >= 4 is 11.6 Å². The molecule has 1 saturated heterocycles. The molecule has 0 unspecified atom stereocenters. The molecule has 0 radical (unpaired) electrons. The SMILES string of the molecule is Cc1cccc(N2CCN(C(=O)c3ccc(COc4ccc(F)cc4)o3)CC2)c1. The van der Waals surface area contributed by atoms with Crippen LogP contribution in [0.4, 0.5) is 10.1 Å². The van der Waals surface area contributed by atoms with Crippen LogP contribution in [-0.2, 0) is 6.61 Å². The second-order valence-corrected chi connectivity index (χ2v) is 7.13. The van der Waals surface area contributed by atoms with Gasteiger partial charge in [-0.15, -0.1) is 0 Å². The van der Waals surface area contributed by atoms with Gasteiger partial charge in [0.1, 0.15) is 23.9 Å². The molecule has 2 aromatic carbocycles. The van der Waals surface area contributed by atoms with Crippen molar-refractivity contribution in [2.45, 2.75) is 13.5 Å². The van der Waals surface area contributed by atoms with Crippen molar-refractivity contribution in [3.63, 3.8) is 0 Å². The van der Waals surface area contributed by atoms with Gasteiger partial charge in [-0.1, -0.05) is 12.1 Å². The Morgan fingerprint density at radius 1 is 1.03 bits per heavy atom. The number of aryl methyl sites for hydroxylation is 1. The zero-order valence-electron chi connectivity index (χ0n) is 16.3. The van der Waals surface area contributed by atoms with Crippen molar-refractivity contribution in [1.82, 2.24) is 4.90 Å². The Hall–Kier alpha value is -3.28. The Morgan fingerprint density at radius 2 is 1.79 bits per heavy atom. The number of anilines is 1. The summed E-state index contributed by atoms with van der Waals surface area (Å²) in [6.07, 6.45) is 0. The molecule has 4 rings (SSSR count). The minimum atomic E-state index is -0.314. The van der Waals surface area contributed by atoms with Crippen molar-refractivity contribution in [2.75, 3.05) is 31.1 Å². The molecule has 1 aliphatic rings. The number of nitrogens with zero attached hydrogens (tertiary/aromatic N) is 2. The summed E-state index contributed by atoms with van der Waals surface area (Å²) in [5, 5.41) is 0. The lowest BCUT2D eigenvalue weighted by Gasteiger charge is -2.35. The van der Waals surface area contributed by atoms with E-state index in [4.69, 9.17) is 9.15 Å². The number of carbonyl (C=O) groups excluding carboxylic acids is 1. The van der Waals surface area contributed by atoms with E-state index in [1.807, 2.05) is 4.90 Å². The van der Waals surface area contributed by atoms with Crippen LogP contribution in [0.15, 0.2) is 65.1 Å². The molecule has 0 bridgehead atoms.